The molecule has 5 nitrogen and oxygen atoms in total. The number of benzene rings is 1. The van der Waals surface area contributed by atoms with Crippen molar-refractivity contribution in [2.24, 2.45) is 5.73 Å². The second-order valence-corrected chi connectivity index (χ2v) is 4.30. The minimum Gasteiger partial charge on any atom is -0.497 e. The number of hydrogen-bond donors (Lipinski definition) is 2. The van der Waals surface area contributed by atoms with Crippen LogP contribution in [0.1, 0.15) is 11.1 Å². The Bertz CT molecular complexity index is 492. The van der Waals surface area contributed by atoms with Gasteiger partial charge >= 0.3 is 6.18 Å². The molecule has 1 amide bonds. The van der Waals surface area contributed by atoms with Crippen LogP contribution in [0.5, 0.6) is 5.75 Å². The molecule has 8 heteroatoms. The van der Waals surface area contributed by atoms with Gasteiger partial charge in [-0.3, -0.25) is 4.79 Å². The summed E-state index contributed by atoms with van der Waals surface area (Å²) in [5.74, 6) is -0.491. The maximum absolute atomic E-state index is 13.0. The predicted octanol–water partition coefficient (Wildman–Crippen LogP) is 1.30. The number of nitrogens with one attached hydrogen (secondary N) is 1. The number of methoxy groups -OCH3 is 2. The Labute approximate surface area is 120 Å². The van der Waals surface area contributed by atoms with Crippen molar-refractivity contribution in [2.75, 3.05) is 20.8 Å². The number of carbonyl (C=O) groups is 1. The molecule has 0 fully saturated rings. The van der Waals surface area contributed by atoms with Gasteiger partial charge in [-0.1, -0.05) is 6.07 Å². The van der Waals surface area contributed by atoms with Crippen molar-refractivity contribution >= 4 is 5.91 Å². The molecule has 0 aromatic heterocycles. The SMILES string of the molecule is COCC(N)C(=O)NCc1ccc(OC)cc1C(F)(F)F. The average molecular weight is 306 g/mol. The highest BCUT2D eigenvalue weighted by molar-refractivity contribution is 5.81. The molecule has 0 saturated carbocycles. The molecule has 1 rings (SSSR count). The maximum atomic E-state index is 13.0. The van der Waals surface area contributed by atoms with E-state index in [0.717, 1.165) is 6.07 Å². The van der Waals surface area contributed by atoms with E-state index in [0.29, 0.717) is 0 Å². The Morgan fingerprint density at radius 1 is 1.38 bits per heavy atom. The molecule has 0 spiro atoms. The number of carbonyl (C=O) groups excluding carboxylic acids is 1. The van der Waals surface area contributed by atoms with Crippen LogP contribution in [0.25, 0.3) is 0 Å². The van der Waals surface area contributed by atoms with Crippen LogP contribution in [-0.4, -0.2) is 32.8 Å². The van der Waals surface area contributed by atoms with Crippen molar-refractivity contribution in [1.29, 1.82) is 0 Å². The molecule has 3 N–H and O–H groups in total. The first kappa shape index (κ1) is 17.3. The fourth-order valence-corrected chi connectivity index (χ4v) is 1.67. The lowest BCUT2D eigenvalue weighted by molar-refractivity contribution is -0.138. The Kier molecular flexibility index (Phi) is 5.98. The van der Waals surface area contributed by atoms with Crippen molar-refractivity contribution < 1.29 is 27.4 Å². The molecule has 0 aliphatic heterocycles. The molecule has 0 aliphatic carbocycles. The van der Waals surface area contributed by atoms with Gasteiger partial charge in [-0.05, 0) is 17.7 Å². The second-order valence-electron chi connectivity index (χ2n) is 4.30. The van der Waals surface area contributed by atoms with Crippen LogP contribution < -0.4 is 15.8 Å². The second kappa shape index (κ2) is 7.28. The Hall–Kier alpha value is -1.80. The number of amides is 1. The smallest absolute Gasteiger partial charge is 0.416 e. The van der Waals surface area contributed by atoms with E-state index in [2.05, 4.69) is 5.32 Å². The highest BCUT2D eigenvalue weighted by atomic mass is 19.4. The third-order valence-electron chi connectivity index (χ3n) is 2.76. The minimum atomic E-state index is -4.54. The molecule has 1 aromatic rings. The zero-order valence-corrected chi connectivity index (χ0v) is 11.7. The summed E-state index contributed by atoms with van der Waals surface area (Å²) in [4.78, 5) is 11.6. The fraction of sp³-hybridized carbons (Fsp3) is 0.462. The number of rotatable bonds is 6. The third kappa shape index (κ3) is 4.91. The summed E-state index contributed by atoms with van der Waals surface area (Å²) in [6, 6.07) is 2.61. The van der Waals surface area contributed by atoms with Crippen molar-refractivity contribution in [3.8, 4) is 5.75 Å². The van der Waals surface area contributed by atoms with Gasteiger partial charge in [0.15, 0.2) is 0 Å². The molecular formula is C13H17F3N2O3. The van der Waals surface area contributed by atoms with Crippen molar-refractivity contribution in [2.45, 2.75) is 18.8 Å². The topological polar surface area (TPSA) is 73.6 Å². The van der Waals surface area contributed by atoms with Crippen LogP contribution in [0.4, 0.5) is 13.2 Å². The number of ether oxygens (including phenoxy) is 2. The first-order valence-electron chi connectivity index (χ1n) is 6.06. The van der Waals surface area contributed by atoms with Crippen LogP contribution in [0.3, 0.4) is 0 Å². The number of halogens is 3. The summed E-state index contributed by atoms with van der Waals surface area (Å²) in [6.07, 6.45) is -4.54. The van der Waals surface area contributed by atoms with Crippen molar-refractivity contribution in [1.82, 2.24) is 5.32 Å². The van der Waals surface area contributed by atoms with Crippen molar-refractivity contribution in [3.05, 3.63) is 29.3 Å². The fourth-order valence-electron chi connectivity index (χ4n) is 1.67. The molecule has 1 atom stereocenters. The molecule has 1 unspecified atom stereocenters. The van der Waals surface area contributed by atoms with Gasteiger partial charge in [0.2, 0.25) is 5.91 Å². The van der Waals surface area contributed by atoms with E-state index in [1.165, 1.54) is 26.4 Å². The molecule has 0 radical (unpaired) electrons. The third-order valence-corrected chi connectivity index (χ3v) is 2.76. The van der Waals surface area contributed by atoms with Gasteiger partial charge in [-0.15, -0.1) is 0 Å². The molecule has 0 aliphatic rings. The van der Waals surface area contributed by atoms with Gasteiger partial charge in [0, 0.05) is 13.7 Å². The summed E-state index contributed by atoms with van der Waals surface area (Å²) in [5, 5.41) is 2.35. The highest BCUT2D eigenvalue weighted by Crippen LogP contribution is 2.34. The van der Waals surface area contributed by atoms with Crippen LogP contribution in [0, 0.1) is 0 Å². The van der Waals surface area contributed by atoms with Crippen LogP contribution in [0.2, 0.25) is 0 Å². The zero-order valence-electron chi connectivity index (χ0n) is 11.7. The van der Waals surface area contributed by atoms with E-state index >= 15 is 0 Å². The van der Waals surface area contributed by atoms with Crippen LogP contribution in [-0.2, 0) is 22.3 Å². The predicted molar refractivity (Wildman–Crippen MR) is 69.7 cm³/mol. The molecule has 0 bridgehead atoms. The van der Waals surface area contributed by atoms with Gasteiger partial charge in [-0.25, -0.2) is 0 Å². The van der Waals surface area contributed by atoms with Crippen molar-refractivity contribution in [3.63, 3.8) is 0 Å². The Morgan fingerprint density at radius 2 is 2.05 bits per heavy atom. The largest absolute Gasteiger partial charge is 0.497 e. The molecule has 118 valence electrons. The van der Waals surface area contributed by atoms with E-state index in [4.69, 9.17) is 15.2 Å². The average Bonchev–Trinajstić information content (AvgIpc) is 2.43. The van der Waals surface area contributed by atoms with E-state index < -0.39 is 23.7 Å². The summed E-state index contributed by atoms with van der Waals surface area (Å²) in [6.45, 7) is -0.296. The van der Waals surface area contributed by atoms with Gasteiger partial charge < -0.3 is 20.5 Å². The first-order valence-corrected chi connectivity index (χ1v) is 6.06. The molecule has 21 heavy (non-hydrogen) atoms. The summed E-state index contributed by atoms with van der Waals surface area (Å²) < 4.78 is 48.3. The molecule has 0 saturated heterocycles. The normalized spacial score (nSPS) is 12.9. The highest BCUT2D eigenvalue weighted by Gasteiger charge is 2.33. The van der Waals surface area contributed by atoms with E-state index in [-0.39, 0.29) is 24.5 Å². The number of hydrogen-bond acceptors (Lipinski definition) is 4. The lowest BCUT2D eigenvalue weighted by atomic mass is 10.1. The standard InChI is InChI=1S/C13H17F3N2O3/c1-20-7-11(17)12(19)18-6-8-3-4-9(21-2)5-10(8)13(14,15)16/h3-5,11H,6-7,17H2,1-2H3,(H,18,19). The Morgan fingerprint density at radius 3 is 2.57 bits per heavy atom. The summed E-state index contributed by atoms with van der Waals surface area (Å²) >= 11 is 0. The van der Waals surface area contributed by atoms with Gasteiger partial charge in [0.05, 0.1) is 19.3 Å². The van der Waals surface area contributed by atoms with E-state index in [9.17, 15) is 18.0 Å². The van der Waals surface area contributed by atoms with Crippen LogP contribution >= 0.6 is 0 Å². The molecular weight excluding hydrogens is 289 g/mol. The Balaban J connectivity index is 2.86. The molecule has 0 heterocycles. The number of nitrogens with two attached hydrogens (primary N) is 1. The summed E-state index contributed by atoms with van der Waals surface area (Å²) in [7, 11) is 2.65. The zero-order chi connectivity index (χ0) is 16.0. The maximum Gasteiger partial charge on any atom is 0.416 e. The van der Waals surface area contributed by atoms with E-state index in [1.807, 2.05) is 0 Å². The minimum absolute atomic E-state index is 0.0133. The van der Waals surface area contributed by atoms with Crippen LogP contribution in [0.15, 0.2) is 18.2 Å². The van der Waals surface area contributed by atoms with Gasteiger partial charge in [0.25, 0.3) is 0 Å². The van der Waals surface area contributed by atoms with Gasteiger partial charge in [0.1, 0.15) is 11.8 Å². The first-order chi connectivity index (χ1) is 9.79. The monoisotopic (exact) mass is 306 g/mol. The quantitative estimate of drug-likeness (QED) is 0.831. The number of alkyl halides is 3. The van der Waals surface area contributed by atoms with Gasteiger partial charge in [-0.2, -0.15) is 13.2 Å². The lowest BCUT2D eigenvalue weighted by Gasteiger charge is -2.16. The molecule has 1 aromatic carbocycles. The van der Waals surface area contributed by atoms with E-state index in [1.54, 1.807) is 0 Å². The lowest BCUT2D eigenvalue weighted by Crippen LogP contribution is -2.43. The summed E-state index contributed by atoms with van der Waals surface area (Å²) in [5.41, 5.74) is 4.56.